The summed E-state index contributed by atoms with van der Waals surface area (Å²) in [5, 5.41) is 5.78. The number of aryl methyl sites for hydroxylation is 1. The quantitative estimate of drug-likeness (QED) is 0.449. The van der Waals surface area contributed by atoms with Gasteiger partial charge in [-0.15, -0.1) is 0 Å². The molecule has 0 aliphatic rings. The van der Waals surface area contributed by atoms with Gasteiger partial charge in [-0.3, -0.25) is 9.59 Å². The van der Waals surface area contributed by atoms with E-state index in [1.165, 1.54) is 0 Å². The maximum absolute atomic E-state index is 14.0. The van der Waals surface area contributed by atoms with E-state index in [9.17, 15) is 14.4 Å². The molecule has 1 rings (SSSR count). The van der Waals surface area contributed by atoms with Crippen molar-refractivity contribution in [1.82, 2.24) is 15.5 Å². The van der Waals surface area contributed by atoms with Crippen LogP contribution in [0, 0.1) is 13.8 Å². The average Bonchev–Trinajstić information content (AvgIpc) is 2.72. The first-order chi connectivity index (χ1) is 16.1. The van der Waals surface area contributed by atoms with Crippen LogP contribution >= 0.6 is 0 Å². The van der Waals surface area contributed by atoms with Crippen LogP contribution in [0.2, 0.25) is 0 Å². The van der Waals surface area contributed by atoms with Crippen molar-refractivity contribution in [3.05, 3.63) is 34.9 Å². The lowest BCUT2D eigenvalue weighted by molar-refractivity contribution is -0.149. The second kappa shape index (κ2) is 12.4. The number of nitrogens with one attached hydrogen (secondary N) is 2. The summed E-state index contributed by atoms with van der Waals surface area (Å²) in [5.74, 6) is -0.564. The van der Waals surface area contributed by atoms with Crippen molar-refractivity contribution in [3.63, 3.8) is 0 Å². The minimum Gasteiger partial charge on any atom is -0.444 e. The summed E-state index contributed by atoms with van der Waals surface area (Å²) in [6.45, 7) is 20.8. The van der Waals surface area contributed by atoms with Gasteiger partial charge in [0, 0.05) is 11.6 Å². The van der Waals surface area contributed by atoms with Crippen LogP contribution in [-0.2, 0) is 14.3 Å². The highest BCUT2D eigenvalue weighted by Gasteiger charge is 2.42. The van der Waals surface area contributed by atoms with Crippen LogP contribution in [0.15, 0.2) is 18.2 Å². The number of carbonyl (C=O) groups is 3. The first-order valence-corrected chi connectivity index (χ1v) is 12.7. The molecule has 0 aliphatic heterocycles. The number of alkyl carbamates (subject to hydrolysis) is 1. The van der Waals surface area contributed by atoms with Gasteiger partial charge in [-0.2, -0.15) is 0 Å². The second-order valence-corrected chi connectivity index (χ2v) is 11.1. The summed E-state index contributed by atoms with van der Waals surface area (Å²) < 4.78 is 5.36. The second-order valence-electron chi connectivity index (χ2n) is 11.1. The van der Waals surface area contributed by atoms with E-state index in [1.54, 1.807) is 32.6 Å². The van der Waals surface area contributed by atoms with E-state index in [4.69, 9.17) is 4.74 Å². The highest BCUT2D eigenvalue weighted by Crippen LogP contribution is 2.34. The van der Waals surface area contributed by atoms with Gasteiger partial charge in [-0.25, -0.2) is 4.79 Å². The molecule has 0 saturated carbocycles. The van der Waals surface area contributed by atoms with Gasteiger partial charge in [-0.1, -0.05) is 38.5 Å². The molecule has 3 atom stereocenters. The predicted octanol–water partition coefficient (Wildman–Crippen LogP) is 5.58. The molecule has 0 aliphatic carbocycles. The van der Waals surface area contributed by atoms with E-state index in [-0.39, 0.29) is 17.9 Å². The molecule has 0 heterocycles. The lowest BCUT2D eigenvalue weighted by Crippen LogP contribution is -2.59. The number of nitrogens with zero attached hydrogens (tertiary/aromatic N) is 1. The molecule has 35 heavy (non-hydrogen) atoms. The van der Waals surface area contributed by atoms with Crippen LogP contribution in [0.1, 0.15) is 104 Å². The van der Waals surface area contributed by atoms with Crippen molar-refractivity contribution >= 4 is 17.9 Å². The molecular weight excluding hydrogens is 442 g/mol. The van der Waals surface area contributed by atoms with Crippen LogP contribution < -0.4 is 10.6 Å². The van der Waals surface area contributed by atoms with Gasteiger partial charge in [0.25, 0.3) is 0 Å². The summed E-state index contributed by atoms with van der Waals surface area (Å²) in [7, 11) is 0. The van der Waals surface area contributed by atoms with Gasteiger partial charge >= 0.3 is 6.09 Å². The molecule has 3 unspecified atom stereocenters. The number of ether oxygens (including phenoxy) is 1. The number of hydrogen-bond donors (Lipinski definition) is 2. The Bertz CT molecular complexity index is 889. The Kier molecular flexibility index (Phi) is 10.8. The SMILES string of the molecule is CCCC(C)NC(=O)C(c1cccc(C)c1C)N(C(=O)C(C)NC(=O)OC(C)(C)C)C(C)(C)CC. The molecular formula is C28H47N3O4. The zero-order valence-electron chi connectivity index (χ0n) is 23.7. The van der Waals surface area contributed by atoms with E-state index < -0.39 is 29.3 Å². The minimum absolute atomic E-state index is 0.0286. The van der Waals surface area contributed by atoms with E-state index in [1.807, 2.05) is 59.7 Å². The van der Waals surface area contributed by atoms with Crippen molar-refractivity contribution in [2.45, 2.75) is 125 Å². The molecule has 1 aromatic carbocycles. The Morgan fingerprint density at radius 2 is 1.60 bits per heavy atom. The van der Waals surface area contributed by atoms with E-state index in [0.717, 1.165) is 29.5 Å². The minimum atomic E-state index is -0.885. The molecule has 2 N–H and O–H groups in total. The maximum atomic E-state index is 14.0. The third kappa shape index (κ3) is 8.55. The number of amides is 3. The van der Waals surface area contributed by atoms with Gasteiger partial charge in [0.1, 0.15) is 17.7 Å². The Morgan fingerprint density at radius 1 is 1.00 bits per heavy atom. The summed E-state index contributed by atoms with van der Waals surface area (Å²) >= 11 is 0. The lowest BCUT2D eigenvalue weighted by Gasteiger charge is -2.45. The largest absolute Gasteiger partial charge is 0.444 e. The van der Waals surface area contributed by atoms with E-state index in [2.05, 4.69) is 17.6 Å². The maximum Gasteiger partial charge on any atom is 0.408 e. The standard InChI is InChI=1S/C28H47N3O4/c1-12-15-19(4)29-24(32)23(22-17-14-16-18(3)20(22)5)31(28(10,11)13-2)25(33)21(6)30-26(34)35-27(7,8)9/h14,16-17,19,21,23H,12-13,15H2,1-11H3,(H,29,32)(H,30,34). The van der Waals surface area contributed by atoms with Crippen LogP contribution in [0.25, 0.3) is 0 Å². The van der Waals surface area contributed by atoms with Crippen LogP contribution in [0.4, 0.5) is 4.79 Å². The summed E-state index contributed by atoms with van der Waals surface area (Å²) in [6, 6.07) is 4.06. The third-order valence-corrected chi connectivity index (χ3v) is 6.42. The highest BCUT2D eigenvalue weighted by atomic mass is 16.6. The Hall–Kier alpha value is -2.57. The van der Waals surface area contributed by atoms with Crippen molar-refractivity contribution < 1.29 is 19.1 Å². The summed E-state index contributed by atoms with van der Waals surface area (Å²) in [4.78, 5) is 41.8. The normalized spacial score (nSPS) is 14.5. The molecule has 0 fully saturated rings. The van der Waals surface area contributed by atoms with Crippen molar-refractivity contribution in [3.8, 4) is 0 Å². The first-order valence-electron chi connectivity index (χ1n) is 12.7. The molecule has 1 aromatic rings. The fourth-order valence-corrected chi connectivity index (χ4v) is 3.99. The first kappa shape index (κ1) is 30.5. The van der Waals surface area contributed by atoms with Gasteiger partial charge in [-0.05, 0) is 91.8 Å². The lowest BCUT2D eigenvalue weighted by atomic mass is 9.89. The monoisotopic (exact) mass is 489 g/mol. The van der Waals surface area contributed by atoms with E-state index >= 15 is 0 Å². The Morgan fingerprint density at radius 3 is 2.11 bits per heavy atom. The molecule has 0 saturated heterocycles. The molecule has 0 spiro atoms. The van der Waals surface area contributed by atoms with Crippen molar-refractivity contribution in [2.24, 2.45) is 0 Å². The van der Waals surface area contributed by atoms with Crippen LogP contribution in [0.5, 0.6) is 0 Å². The van der Waals surface area contributed by atoms with Crippen LogP contribution in [-0.4, -0.2) is 46.0 Å². The predicted molar refractivity (Wildman–Crippen MR) is 141 cm³/mol. The molecule has 0 aromatic heterocycles. The van der Waals surface area contributed by atoms with Gasteiger partial charge in [0.05, 0.1) is 0 Å². The zero-order valence-corrected chi connectivity index (χ0v) is 23.7. The Labute approximate surface area is 212 Å². The molecule has 7 heteroatoms. The molecule has 0 bridgehead atoms. The number of rotatable bonds is 10. The number of benzene rings is 1. The Balaban J connectivity index is 3.56. The zero-order chi connectivity index (χ0) is 27.1. The molecule has 0 radical (unpaired) electrons. The fourth-order valence-electron chi connectivity index (χ4n) is 3.99. The highest BCUT2D eigenvalue weighted by molar-refractivity contribution is 5.92. The number of carbonyl (C=O) groups excluding carboxylic acids is 3. The third-order valence-electron chi connectivity index (χ3n) is 6.42. The summed E-state index contributed by atoms with van der Waals surface area (Å²) in [6.07, 6.45) is 1.73. The smallest absolute Gasteiger partial charge is 0.408 e. The van der Waals surface area contributed by atoms with Crippen LogP contribution in [0.3, 0.4) is 0 Å². The molecule has 198 valence electrons. The van der Waals surface area contributed by atoms with Crippen molar-refractivity contribution in [2.75, 3.05) is 0 Å². The average molecular weight is 490 g/mol. The molecule has 7 nitrogen and oxygen atoms in total. The van der Waals surface area contributed by atoms with Gasteiger partial charge < -0.3 is 20.3 Å². The fraction of sp³-hybridized carbons (Fsp3) is 0.679. The van der Waals surface area contributed by atoms with Gasteiger partial charge in [0.2, 0.25) is 11.8 Å². The summed E-state index contributed by atoms with van der Waals surface area (Å²) in [5.41, 5.74) is 1.45. The molecule has 3 amide bonds. The van der Waals surface area contributed by atoms with E-state index in [0.29, 0.717) is 6.42 Å². The van der Waals surface area contributed by atoms with Crippen molar-refractivity contribution in [1.29, 1.82) is 0 Å². The van der Waals surface area contributed by atoms with Gasteiger partial charge in [0.15, 0.2) is 0 Å². The number of hydrogen-bond acceptors (Lipinski definition) is 4. The topological polar surface area (TPSA) is 87.7 Å².